The van der Waals surface area contributed by atoms with Gasteiger partial charge >= 0.3 is 6.03 Å². The highest BCUT2D eigenvalue weighted by atomic mass is 16.2. The molecule has 1 saturated carbocycles. The first-order valence-corrected chi connectivity index (χ1v) is 13.6. The second-order valence-corrected chi connectivity index (χ2v) is 11.0. The average Bonchev–Trinajstić information content (AvgIpc) is 3.54. The minimum absolute atomic E-state index is 0.144. The number of anilines is 1. The number of hydrogen-bond donors (Lipinski definition) is 2. The fourth-order valence-electron chi connectivity index (χ4n) is 5.90. The van der Waals surface area contributed by atoms with Gasteiger partial charge in [0.25, 0.3) is 0 Å². The van der Waals surface area contributed by atoms with E-state index in [0.717, 1.165) is 42.4 Å². The molecule has 37 heavy (non-hydrogen) atoms. The SMILES string of the molecule is CC(C)c1cccc(C(C)C)c1NC(=O)NCC1(n2cc(-c3ccccc3)c3cccnc32)CCCC1. The zero-order chi connectivity index (χ0) is 26.0. The van der Waals surface area contributed by atoms with Crippen LogP contribution in [0.5, 0.6) is 0 Å². The van der Waals surface area contributed by atoms with Gasteiger partial charge in [-0.25, -0.2) is 9.78 Å². The van der Waals surface area contributed by atoms with Gasteiger partial charge in [0.1, 0.15) is 5.65 Å². The number of amides is 2. The molecule has 1 aliphatic rings. The number of para-hydroxylation sites is 1. The maximum absolute atomic E-state index is 13.3. The van der Waals surface area contributed by atoms with E-state index >= 15 is 0 Å². The van der Waals surface area contributed by atoms with Gasteiger partial charge in [0.15, 0.2) is 0 Å². The molecule has 1 fully saturated rings. The second kappa shape index (κ2) is 10.4. The molecule has 0 aliphatic heterocycles. The van der Waals surface area contributed by atoms with E-state index in [2.05, 4.69) is 97.6 Å². The van der Waals surface area contributed by atoms with Gasteiger partial charge in [-0.15, -0.1) is 0 Å². The summed E-state index contributed by atoms with van der Waals surface area (Å²) in [4.78, 5) is 18.1. The molecule has 5 heteroatoms. The van der Waals surface area contributed by atoms with Crippen LogP contribution >= 0.6 is 0 Å². The Bertz CT molecular complexity index is 1350. The Balaban J connectivity index is 1.45. The molecule has 2 amide bonds. The van der Waals surface area contributed by atoms with Crippen molar-refractivity contribution in [1.29, 1.82) is 0 Å². The Morgan fingerprint density at radius 3 is 2.24 bits per heavy atom. The van der Waals surface area contributed by atoms with Gasteiger partial charge in [0.05, 0.1) is 5.54 Å². The van der Waals surface area contributed by atoms with Crippen LogP contribution in [0.1, 0.15) is 76.3 Å². The standard InChI is InChI=1S/C32H38N4O/c1-22(2)25-14-10-15-26(23(3)4)29(25)35-31(37)34-21-32(17-8-9-18-32)36-20-28(24-12-6-5-7-13-24)27-16-11-19-33-30(27)36/h5-7,10-16,19-20,22-23H,8-9,17-18,21H2,1-4H3,(H2,34,35,37). The van der Waals surface area contributed by atoms with Crippen LogP contribution in [0, 0.1) is 0 Å². The molecule has 0 unspecified atom stereocenters. The molecule has 2 aromatic carbocycles. The van der Waals surface area contributed by atoms with Crippen LogP contribution in [0.25, 0.3) is 22.2 Å². The molecule has 4 aromatic rings. The summed E-state index contributed by atoms with van der Waals surface area (Å²) in [6.45, 7) is 9.25. The van der Waals surface area contributed by atoms with Gasteiger partial charge in [-0.05, 0) is 53.5 Å². The maximum Gasteiger partial charge on any atom is 0.319 e. The summed E-state index contributed by atoms with van der Waals surface area (Å²) in [6.07, 6.45) is 8.44. The molecule has 1 aliphatic carbocycles. The van der Waals surface area contributed by atoms with Crippen LogP contribution in [-0.2, 0) is 5.54 Å². The largest absolute Gasteiger partial charge is 0.335 e. The third-order valence-electron chi connectivity index (χ3n) is 7.88. The molecule has 2 aromatic heterocycles. The minimum atomic E-state index is -0.199. The van der Waals surface area contributed by atoms with Crippen molar-refractivity contribution in [3.05, 3.63) is 84.2 Å². The van der Waals surface area contributed by atoms with Crippen LogP contribution < -0.4 is 10.6 Å². The number of nitrogens with one attached hydrogen (secondary N) is 2. The van der Waals surface area contributed by atoms with E-state index in [-0.39, 0.29) is 11.6 Å². The number of nitrogens with zero attached hydrogens (tertiary/aromatic N) is 2. The summed E-state index contributed by atoms with van der Waals surface area (Å²) < 4.78 is 2.35. The quantitative estimate of drug-likeness (QED) is 0.273. The Morgan fingerprint density at radius 2 is 1.59 bits per heavy atom. The molecule has 5 nitrogen and oxygen atoms in total. The summed E-state index contributed by atoms with van der Waals surface area (Å²) in [5.41, 5.74) is 6.45. The number of fused-ring (bicyclic) bond motifs is 1. The van der Waals surface area contributed by atoms with Crippen molar-refractivity contribution in [1.82, 2.24) is 14.9 Å². The highest BCUT2D eigenvalue weighted by molar-refractivity contribution is 5.94. The molecule has 5 rings (SSSR count). The second-order valence-electron chi connectivity index (χ2n) is 11.0. The number of carbonyl (C=O) groups excluding carboxylic acids is 1. The summed E-state index contributed by atoms with van der Waals surface area (Å²) in [5.74, 6) is 0.646. The first-order valence-electron chi connectivity index (χ1n) is 13.6. The lowest BCUT2D eigenvalue weighted by atomic mass is 9.92. The van der Waals surface area contributed by atoms with Gasteiger partial charge in [0, 0.05) is 35.6 Å². The van der Waals surface area contributed by atoms with Crippen LogP contribution in [0.4, 0.5) is 10.5 Å². The fourth-order valence-corrected chi connectivity index (χ4v) is 5.90. The van der Waals surface area contributed by atoms with Gasteiger partial charge in [-0.1, -0.05) is 89.1 Å². The third-order valence-corrected chi connectivity index (χ3v) is 7.88. The maximum atomic E-state index is 13.3. The van der Waals surface area contributed by atoms with Crippen molar-refractivity contribution >= 4 is 22.8 Å². The lowest BCUT2D eigenvalue weighted by Gasteiger charge is -2.32. The number of benzene rings is 2. The number of rotatable bonds is 7. The van der Waals surface area contributed by atoms with Crippen molar-refractivity contribution in [2.45, 2.75) is 70.8 Å². The molecule has 2 N–H and O–H groups in total. The van der Waals surface area contributed by atoms with Crippen molar-refractivity contribution in [3.63, 3.8) is 0 Å². The Kier molecular flexibility index (Phi) is 7.05. The van der Waals surface area contributed by atoms with E-state index in [0.29, 0.717) is 18.4 Å². The molecule has 2 heterocycles. The van der Waals surface area contributed by atoms with E-state index in [9.17, 15) is 4.79 Å². The van der Waals surface area contributed by atoms with Gasteiger partial charge < -0.3 is 15.2 Å². The molecular weight excluding hydrogens is 456 g/mol. The molecule has 0 bridgehead atoms. The molecular formula is C32H38N4O. The van der Waals surface area contributed by atoms with Crippen LogP contribution in [0.15, 0.2) is 73.1 Å². The lowest BCUT2D eigenvalue weighted by molar-refractivity contribution is 0.239. The minimum Gasteiger partial charge on any atom is -0.335 e. The topological polar surface area (TPSA) is 59.0 Å². The van der Waals surface area contributed by atoms with Gasteiger partial charge in [-0.2, -0.15) is 0 Å². The average molecular weight is 495 g/mol. The summed E-state index contributed by atoms with van der Waals surface area (Å²) >= 11 is 0. The number of aromatic nitrogens is 2. The number of hydrogen-bond acceptors (Lipinski definition) is 2. The normalized spacial score (nSPS) is 15.0. The molecule has 192 valence electrons. The van der Waals surface area contributed by atoms with E-state index in [4.69, 9.17) is 4.98 Å². The number of pyridine rings is 1. The number of carbonyl (C=O) groups is 1. The summed E-state index contributed by atoms with van der Waals surface area (Å²) in [5, 5.41) is 7.64. The Labute approximate surface area is 220 Å². The Morgan fingerprint density at radius 1 is 0.919 bits per heavy atom. The monoisotopic (exact) mass is 494 g/mol. The molecule has 0 atom stereocenters. The third kappa shape index (κ3) is 4.87. The number of urea groups is 1. The van der Waals surface area contributed by atoms with Gasteiger partial charge in [-0.3, -0.25) is 0 Å². The zero-order valence-corrected chi connectivity index (χ0v) is 22.4. The van der Waals surface area contributed by atoms with Crippen molar-refractivity contribution in [2.24, 2.45) is 0 Å². The van der Waals surface area contributed by atoms with Crippen LogP contribution in [0.3, 0.4) is 0 Å². The first-order chi connectivity index (χ1) is 17.9. The molecule has 0 saturated heterocycles. The molecule has 0 radical (unpaired) electrons. The Hall–Kier alpha value is -3.60. The summed E-state index contributed by atoms with van der Waals surface area (Å²) in [7, 11) is 0. The first kappa shape index (κ1) is 25.1. The zero-order valence-electron chi connectivity index (χ0n) is 22.4. The van der Waals surface area contributed by atoms with E-state index < -0.39 is 0 Å². The summed E-state index contributed by atoms with van der Waals surface area (Å²) in [6, 6.07) is 20.8. The van der Waals surface area contributed by atoms with Crippen molar-refractivity contribution < 1.29 is 4.79 Å². The highest BCUT2D eigenvalue weighted by Crippen LogP contribution is 2.41. The predicted octanol–water partition coefficient (Wildman–Crippen LogP) is 8.04. The smallest absolute Gasteiger partial charge is 0.319 e. The van der Waals surface area contributed by atoms with Gasteiger partial charge in [0.2, 0.25) is 0 Å². The van der Waals surface area contributed by atoms with Crippen molar-refractivity contribution in [2.75, 3.05) is 11.9 Å². The highest BCUT2D eigenvalue weighted by Gasteiger charge is 2.38. The van der Waals surface area contributed by atoms with Crippen LogP contribution in [-0.4, -0.2) is 22.1 Å². The lowest BCUT2D eigenvalue weighted by Crippen LogP contribution is -2.44. The van der Waals surface area contributed by atoms with Crippen molar-refractivity contribution in [3.8, 4) is 11.1 Å². The van der Waals surface area contributed by atoms with E-state index in [1.165, 1.54) is 22.3 Å². The fraction of sp³-hybridized carbons (Fsp3) is 0.375. The van der Waals surface area contributed by atoms with E-state index in [1.807, 2.05) is 18.3 Å². The predicted molar refractivity (Wildman–Crippen MR) is 153 cm³/mol. The molecule has 0 spiro atoms. The van der Waals surface area contributed by atoms with Crippen LogP contribution in [0.2, 0.25) is 0 Å². The van der Waals surface area contributed by atoms with E-state index in [1.54, 1.807) is 0 Å².